The number of benzene rings is 2. The van der Waals surface area contributed by atoms with Crippen molar-refractivity contribution < 1.29 is 19.4 Å². The van der Waals surface area contributed by atoms with Crippen molar-refractivity contribution in [1.82, 2.24) is 9.78 Å². The number of aliphatic carboxylic acids is 1. The molecule has 0 aliphatic heterocycles. The zero-order valence-corrected chi connectivity index (χ0v) is 21.1. The number of nitrogens with zero attached hydrogens (tertiary/aromatic N) is 2. The van der Waals surface area contributed by atoms with Crippen LogP contribution >= 0.6 is 11.8 Å². The van der Waals surface area contributed by atoms with Crippen LogP contribution in [0.15, 0.2) is 65.7 Å². The lowest BCUT2D eigenvalue weighted by Crippen LogP contribution is -2.23. The molecule has 1 aliphatic carbocycles. The Morgan fingerprint density at radius 1 is 1.00 bits per heavy atom. The Bertz CT molecular complexity index is 1060. The Balaban J connectivity index is 1.58. The van der Waals surface area contributed by atoms with Crippen LogP contribution in [0, 0.1) is 11.8 Å². The smallest absolute Gasteiger partial charge is 0.329 e. The standard InChI is InChI=1S/C28H34N2O4S/c1-33-16-17-35-28-26(23-8-4-2-5-9-23)27(24-10-6-3-7-11-24)30(29-28)18-21-12-14-22(15-13-21)19-34-20-25(31)32/h2-11,21-22H,12-20H2,1H3,(H,31,32)/t21-,22+. The lowest BCUT2D eigenvalue weighted by Gasteiger charge is -2.28. The highest BCUT2D eigenvalue weighted by molar-refractivity contribution is 7.99. The van der Waals surface area contributed by atoms with Crippen molar-refractivity contribution in [1.29, 1.82) is 0 Å². The minimum Gasteiger partial charge on any atom is -0.480 e. The molecule has 0 spiro atoms. The Labute approximate surface area is 211 Å². The molecule has 186 valence electrons. The Morgan fingerprint density at radius 3 is 2.26 bits per heavy atom. The summed E-state index contributed by atoms with van der Waals surface area (Å²) in [7, 11) is 1.73. The van der Waals surface area contributed by atoms with Crippen molar-refractivity contribution in [3.63, 3.8) is 0 Å². The van der Waals surface area contributed by atoms with Gasteiger partial charge in [0.2, 0.25) is 0 Å². The molecule has 1 saturated carbocycles. The van der Waals surface area contributed by atoms with E-state index >= 15 is 0 Å². The molecule has 2 aromatic carbocycles. The van der Waals surface area contributed by atoms with Crippen LogP contribution in [0.5, 0.6) is 0 Å². The summed E-state index contributed by atoms with van der Waals surface area (Å²) in [5.74, 6) is 0.924. The maximum Gasteiger partial charge on any atom is 0.329 e. The monoisotopic (exact) mass is 494 g/mol. The van der Waals surface area contributed by atoms with E-state index in [0.717, 1.165) is 43.0 Å². The average Bonchev–Trinajstić information content (AvgIpc) is 3.24. The Hall–Kier alpha value is -2.61. The predicted octanol–water partition coefficient (Wildman–Crippen LogP) is 5.86. The van der Waals surface area contributed by atoms with E-state index in [9.17, 15) is 4.79 Å². The van der Waals surface area contributed by atoms with E-state index in [1.54, 1.807) is 18.9 Å². The number of carboxylic acid groups (broad SMARTS) is 1. The molecule has 0 atom stereocenters. The molecular formula is C28H34N2O4S. The number of aromatic nitrogens is 2. The molecule has 0 bridgehead atoms. The van der Waals surface area contributed by atoms with Crippen molar-refractivity contribution in [3.05, 3.63) is 60.7 Å². The van der Waals surface area contributed by atoms with E-state index in [-0.39, 0.29) is 6.61 Å². The first-order valence-electron chi connectivity index (χ1n) is 12.3. The number of ether oxygens (including phenoxy) is 2. The molecule has 1 N–H and O–H groups in total. The SMILES string of the molecule is COCCSc1nn(C[C@H]2CC[C@@H](COCC(=O)O)CC2)c(-c2ccccc2)c1-c1ccccc1. The van der Waals surface area contributed by atoms with Crippen LogP contribution < -0.4 is 0 Å². The van der Waals surface area contributed by atoms with Crippen LogP contribution in [0.4, 0.5) is 0 Å². The highest BCUT2D eigenvalue weighted by Crippen LogP contribution is 2.41. The van der Waals surface area contributed by atoms with Gasteiger partial charge in [0, 0.05) is 30.5 Å². The topological polar surface area (TPSA) is 73.6 Å². The van der Waals surface area contributed by atoms with Crippen molar-refractivity contribution in [2.45, 2.75) is 37.3 Å². The molecule has 35 heavy (non-hydrogen) atoms. The highest BCUT2D eigenvalue weighted by Gasteiger charge is 2.26. The number of thioether (sulfide) groups is 1. The molecule has 4 rings (SSSR count). The number of methoxy groups -OCH3 is 1. The van der Waals surface area contributed by atoms with Gasteiger partial charge in [0.15, 0.2) is 0 Å². The third kappa shape index (κ3) is 6.97. The van der Waals surface area contributed by atoms with E-state index in [2.05, 4.69) is 53.2 Å². The zero-order chi connectivity index (χ0) is 24.5. The zero-order valence-electron chi connectivity index (χ0n) is 20.3. The second kappa shape index (κ2) is 12.9. The maximum absolute atomic E-state index is 10.7. The van der Waals surface area contributed by atoms with E-state index in [1.165, 1.54) is 22.4 Å². The van der Waals surface area contributed by atoms with Crippen LogP contribution in [0.2, 0.25) is 0 Å². The minimum atomic E-state index is -0.904. The van der Waals surface area contributed by atoms with Gasteiger partial charge in [-0.05, 0) is 43.1 Å². The summed E-state index contributed by atoms with van der Waals surface area (Å²) in [5, 5.41) is 15.0. The molecule has 1 aromatic heterocycles. The molecular weight excluding hydrogens is 460 g/mol. The summed E-state index contributed by atoms with van der Waals surface area (Å²) in [6.07, 6.45) is 4.32. The quantitative estimate of drug-likeness (QED) is 0.251. The molecule has 0 unspecified atom stereocenters. The summed E-state index contributed by atoms with van der Waals surface area (Å²) in [4.78, 5) is 10.7. The van der Waals surface area contributed by atoms with Gasteiger partial charge >= 0.3 is 5.97 Å². The van der Waals surface area contributed by atoms with Gasteiger partial charge < -0.3 is 14.6 Å². The highest BCUT2D eigenvalue weighted by atomic mass is 32.2. The van der Waals surface area contributed by atoms with Gasteiger partial charge in [-0.2, -0.15) is 5.10 Å². The fourth-order valence-corrected chi connectivity index (χ4v) is 5.75. The first-order valence-corrected chi connectivity index (χ1v) is 13.3. The Kier molecular flexibility index (Phi) is 9.40. The predicted molar refractivity (Wildman–Crippen MR) is 140 cm³/mol. The first-order chi connectivity index (χ1) is 17.2. The number of rotatable bonds is 12. The van der Waals surface area contributed by atoms with Gasteiger partial charge in [-0.15, -0.1) is 11.8 Å². The normalized spacial score (nSPS) is 18.0. The van der Waals surface area contributed by atoms with Crippen molar-refractivity contribution in [2.75, 3.05) is 32.7 Å². The number of hydrogen-bond donors (Lipinski definition) is 1. The van der Waals surface area contributed by atoms with Crippen molar-refractivity contribution in [2.24, 2.45) is 11.8 Å². The molecule has 7 heteroatoms. The maximum atomic E-state index is 10.7. The van der Waals surface area contributed by atoms with Crippen LogP contribution in [0.1, 0.15) is 25.7 Å². The second-order valence-corrected chi connectivity index (χ2v) is 10.2. The van der Waals surface area contributed by atoms with E-state index in [4.69, 9.17) is 19.7 Å². The number of carbonyl (C=O) groups is 1. The summed E-state index contributed by atoms with van der Waals surface area (Å²) < 4.78 is 12.9. The fourth-order valence-electron chi connectivity index (χ4n) is 4.79. The molecule has 3 aromatic rings. The molecule has 0 saturated heterocycles. The lowest BCUT2D eigenvalue weighted by molar-refractivity contribution is -0.142. The van der Waals surface area contributed by atoms with Gasteiger partial charge in [-0.1, -0.05) is 60.7 Å². The van der Waals surface area contributed by atoms with E-state index < -0.39 is 5.97 Å². The molecule has 1 fully saturated rings. The molecule has 1 heterocycles. The van der Waals surface area contributed by atoms with Crippen LogP contribution in [0.3, 0.4) is 0 Å². The van der Waals surface area contributed by atoms with Crippen molar-refractivity contribution in [3.8, 4) is 22.4 Å². The average molecular weight is 495 g/mol. The van der Waals surface area contributed by atoms with Gasteiger partial charge in [-0.3, -0.25) is 4.68 Å². The third-order valence-corrected chi connectivity index (χ3v) is 7.46. The van der Waals surface area contributed by atoms with Crippen LogP contribution in [-0.2, 0) is 20.8 Å². The van der Waals surface area contributed by atoms with Gasteiger partial charge in [0.1, 0.15) is 11.6 Å². The molecule has 0 radical (unpaired) electrons. The fraction of sp³-hybridized carbons (Fsp3) is 0.429. The van der Waals surface area contributed by atoms with E-state index in [1.807, 2.05) is 12.1 Å². The summed E-state index contributed by atoms with van der Waals surface area (Å²) in [6, 6.07) is 21.1. The van der Waals surface area contributed by atoms with Crippen LogP contribution in [0.25, 0.3) is 22.4 Å². The molecule has 1 aliphatic rings. The van der Waals surface area contributed by atoms with Gasteiger partial charge in [0.05, 0.1) is 18.9 Å². The van der Waals surface area contributed by atoms with Crippen molar-refractivity contribution >= 4 is 17.7 Å². The Morgan fingerprint density at radius 2 is 1.63 bits per heavy atom. The molecule has 6 nitrogen and oxygen atoms in total. The lowest BCUT2D eigenvalue weighted by atomic mass is 9.82. The van der Waals surface area contributed by atoms with Gasteiger partial charge in [0.25, 0.3) is 0 Å². The van der Waals surface area contributed by atoms with Gasteiger partial charge in [-0.25, -0.2) is 4.79 Å². The van der Waals surface area contributed by atoms with Crippen LogP contribution in [-0.4, -0.2) is 53.5 Å². The summed E-state index contributed by atoms with van der Waals surface area (Å²) >= 11 is 1.75. The minimum absolute atomic E-state index is 0.209. The molecule has 0 amide bonds. The summed E-state index contributed by atoms with van der Waals surface area (Å²) in [6.45, 7) is 1.88. The third-order valence-electron chi connectivity index (χ3n) is 6.53. The van der Waals surface area contributed by atoms with E-state index in [0.29, 0.717) is 25.0 Å². The largest absolute Gasteiger partial charge is 0.480 e. The number of carboxylic acids is 1. The first kappa shape index (κ1) is 25.5. The number of hydrogen-bond acceptors (Lipinski definition) is 5. The summed E-state index contributed by atoms with van der Waals surface area (Å²) in [5.41, 5.74) is 4.71. The second-order valence-electron chi connectivity index (χ2n) is 9.08.